The Morgan fingerprint density at radius 3 is 2.10 bits per heavy atom. The van der Waals surface area contributed by atoms with E-state index in [0.29, 0.717) is 11.4 Å². The van der Waals surface area contributed by atoms with Crippen molar-refractivity contribution in [2.45, 2.75) is 45.4 Å². The fourth-order valence-corrected chi connectivity index (χ4v) is 2.84. The maximum atomic E-state index is 12.3. The zero-order chi connectivity index (χ0) is 22.3. The van der Waals surface area contributed by atoms with Crippen LogP contribution in [-0.2, 0) is 19.8 Å². The normalized spacial score (nSPS) is 11.6. The molecule has 6 heteroatoms. The van der Waals surface area contributed by atoms with Crippen LogP contribution in [-0.4, -0.2) is 22.9 Å². The number of amides is 2. The lowest BCUT2D eigenvalue weighted by molar-refractivity contribution is -0.137. The number of nitrogens with one attached hydrogen (secondary N) is 2. The first-order valence-corrected chi connectivity index (χ1v) is 9.57. The van der Waals surface area contributed by atoms with E-state index in [1.54, 1.807) is 37.3 Å². The van der Waals surface area contributed by atoms with Gasteiger partial charge in [-0.3, -0.25) is 14.4 Å². The van der Waals surface area contributed by atoms with Crippen LogP contribution in [0.5, 0.6) is 0 Å². The zero-order valence-electron chi connectivity index (χ0n) is 17.6. The van der Waals surface area contributed by atoms with Gasteiger partial charge < -0.3 is 15.7 Å². The summed E-state index contributed by atoms with van der Waals surface area (Å²) in [6.07, 6.45) is -0.109. The molecule has 0 saturated heterocycles. The molecule has 6 nitrogen and oxygen atoms in total. The zero-order valence-corrected chi connectivity index (χ0v) is 17.6. The molecule has 30 heavy (non-hydrogen) atoms. The predicted molar refractivity (Wildman–Crippen MR) is 117 cm³/mol. The molecule has 0 aliphatic carbocycles. The largest absolute Gasteiger partial charge is 0.481 e. The lowest BCUT2D eigenvalue weighted by atomic mass is 9.87. The maximum absolute atomic E-state index is 12.3. The van der Waals surface area contributed by atoms with Crippen molar-refractivity contribution < 1.29 is 19.5 Å². The molecule has 0 radical (unpaired) electrons. The molecule has 2 aromatic carbocycles. The molecule has 156 valence electrons. The second-order valence-electron chi connectivity index (χ2n) is 7.91. The van der Waals surface area contributed by atoms with Crippen molar-refractivity contribution >= 4 is 29.2 Å². The summed E-state index contributed by atoms with van der Waals surface area (Å²) in [4.78, 5) is 35.5. The molecule has 0 heterocycles. The highest BCUT2D eigenvalue weighted by molar-refractivity contribution is 6.43. The van der Waals surface area contributed by atoms with Crippen LogP contribution in [0.1, 0.15) is 51.2 Å². The first kappa shape index (κ1) is 22.7. The van der Waals surface area contributed by atoms with Gasteiger partial charge in [0.1, 0.15) is 0 Å². The number of carboxylic acid groups (broad SMARTS) is 1. The topological polar surface area (TPSA) is 95.5 Å². The molecule has 0 aliphatic rings. The van der Waals surface area contributed by atoms with E-state index in [1.807, 2.05) is 18.2 Å². The van der Waals surface area contributed by atoms with E-state index in [4.69, 9.17) is 5.11 Å². The molecular formula is C24H26N2O4. The van der Waals surface area contributed by atoms with Crippen molar-refractivity contribution in [2.24, 2.45) is 0 Å². The minimum Gasteiger partial charge on any atom is -0.481 e. The maximum Gasteiger partial charge on any atom is 0.314 e. The summed E-state index contributed by atoms with van der Waals surface area (Å²) in [5.41, 5.74) is 2.68. The molecule has 3 N–H and O–H groups in total. The average Bonchev–Trinajstić information content (AvgIpc) is 2.67. The number of hydrogen-bond donors (Lipinski definition) is 3. The van der Waals surface area contributed by atoms with Gasteiger partial charge in [-0.25, -0.2) is 0 Å². The predicted octanol–water partition coefficient (Wildman–Crippen LogP) is 4.14. The first-order chi connectivity index (χ1) is 14.1. The van der Waals surface area contributed by atoms with Crippen LogP contribution < -0.4 is 10.6 Å². The number of carbonyl (C=O) groups is 3. The Labute approximate surface area is 176 Å². The molecular weight excluding hydrogens is 380 g/mol. The number of hydrogen-bond acceptors (Lipinski definition) is 3. The molecule has 0 bridgehead atoms. The van der Waals surface area contributed by atoms with Gasteiger partial charge >= 0.3 is 17.8 Å². The lowest BCUT2D eigenvalue weighted by Gasteiger charge is -2.19. The Kier molecular flexibility index (Phi) is 7.38. The van der Waals surface area contributed by atoms with Gasteiger partial charge in [-0.2, -0.15) is 0 Å². The van der Waals surface area contributed by atoms with E-state index in [2.05, 4.69) is 43.2 Å². The van der Waals surface area contributed by atoms with Gasteiger partial charge in [0.25, 0.3) is 0 Å². The fraction of sp³-hybridized carbons (Fsp3) is 0.292. The fourth-order valence-electron chi connectivity index (χ4n) is 2.84. The van der Waals surface area contributed by atoms with Crippen LogP contribution in [0.4, 0.5) is 11.4 Å². The van der Waals surface area contributed by atoms with Gasteiger partial charge in [0.05, 0.1) is 12.3 Å². The number of anilines is 2. The highest BCUT2D eigenvalue weighted by atomic mass is 16.4. The summed E-state index contributed by atoms with van der Waals surface area (Å²) in [5.74, 6) is 2.67. The van der Waals surface area contributed by atoms with Crippen LogP contribution in [0.25, 0.3) is 0 Å². The highest BCUT2D eigenvalue weighted by Gasteiger charge is 2.18. The molecule has 0 unspecified atom stereocenters. The van der Waals surface area contributed by atoms with E-state index in [1.165, 1.54) is 0 Å². The van der Waals surface area contributed by atoms with E-state index >= 15 is 0 Å². The summed E-state index contributed by atoms with van der Waals surface area (Å²) in [6.45, 7) is 7.85. The molecule has 2 aromatic rings. The Morgan fingerprint density at radius 2 is 1.57 bits per heavy atom. The summed E-state index contributed by atoms with van der Waals surface area (Å²) in [6, 6.07) is 14.0. The van der Waals surface area contributed by atoms with Gasteiger partial charge in [-0.15, -0.1) is 5.92 Å². The average molecular weight is 406 g/mol. The van der Waals surface area contributed by atoms with Crippen molar-refractivity contribution in [3.63, 3.8) is 0 Å². The van der Waals surface area contributed by atoms with Crippen molar-refractivity contribution in [1.29, 1.82) is 0 Å². The van der Waals surface area contributed by atoms with Crippen LogP contribution >= 0.6 is 0 Å². The smallest absolute Gasteiger partial charge is 0.314 e. The third-order valence-electron chi connectivity index (χ3n) is 4.46. The number of carbonyl (C=O) groups excluding carboxylic acids is 2. The van der Waals surface area contributed by atoms with Crippen molar-refractivity contribution in [1.82, 2.24) is 0 Å². The lowest BCUT2D eigenvalue weighted by Crippen LogP contribution is -2.29. The molecule has 0 spiro atoms. The Balaban J connectivity index is 2.04. The van der Waals surface area contributed by atoms with Crippen molar-refractivity contribution in [3.8, 4) is 11.8 Å². The first-order valence-electron chi connectivity index (χ1n) is 9.57. The van der Waals surface area contributed by atoms with Crippen LogP contribution in [0.15, 0.2) is 48.5 Å². The van der Waals surface area contributed by atoms with Crippen LogP contribution in [0.2, 0.25) is 0 Å². The molecule has 1 atom stereocenters. The van der Waals surface area contributed by atoms with Crippen molar-refractivity contribution in [2.75, 3.05) is 10.6 Å². The highest BCUT2D eigenvalue weighted by Crippen LogP contribution is 2.25. The second-order valence-corrected chi connectivity index (χ2v) is 7.91. The second kappa shape index (κ2) is 9.75. The van der Waals surface area contributed by atoms with Crippen LogP contribution in [0.3, 0.4) is 0 Å². The van der Waals surface area contributed by atoms with E-state index in [-0.39, 0.29) is 11.8 Å². The number of benzene rings is 2. The Bertz CT molecular complexity index is 992. The molecule has 0 aromatic heterocycles. The minimum absolute atomic E-state index is 0.0780. The minimum atomic E-state index is -0.938. The summed E-state index contributed by atoms with van der Waals surface area (Å²) in [7, 11) is 0. The standard InChI is InChI=1S/C24H26N2O4/c1-5-7-17(14-21(27)28)16-10-12-19(13-11-16)25-22(29)23(30)26-20-9-6-8-18(15-20)24(2,3)4/h6,8-13,15,17H,14H2,1-4H3,(H,25,29)(H,26,30)(H,27,28)/t17-/m0/s1. The molecule has 0 saturated carbocycles. The summed E-state index contributed by atoms with van der Waals surface area (Å²) >= 11 is 0. The molecule has 2 amide bonds. The Hall–Kier alpha value is -3.59. The number of rotatable bonds is 5. The van der Waals surface area contributed by atoms with Gasteiger partial charge in [0.2, 0.25) is 0 Å². The van der Waals surface area contributed by atoms with Crippen molar-refractivity contribution in [3.05, 3.63) is 59.7 Å². The van der Waals surface area contributed by atoms with Gasteiger partial charge in [-0.05, 0) is 47.7 Å². The number of carboxylic acids is 1. The van der Waals surface area contributed by atoms with Gasteiger partial charge in [-0.1, -0.05) is 51.0 Å². The van der Waals surface area contributed by atoms with E-state index in [0.717, 1.165) is 11.1 Å². The quantitative estimate of drug-likeness (QED) is 0.514. The summed E-state index contributed by atoms with van der Waals surface area (Å²) in [5, 5.41) is 14.2. The third kappa shape index (κ3) is 6.49. The van der Waals surface area contributed by atoms with Gasteiger partial charge in [0.15, 0.2) is 0 Å². The van der Waals surface area contributed by atoms with E-state index < -0.39 is 23.7 Å². The summed E-state index contributed by atoms with van der Waals surface area (Å²) < 4.78 is 0. The van der Waals surface area contributed by atoms with E-state index in [9.17, 15) is 14.4 Å². The van der Waals surface area contributed by atoms with Crippen LogP contribution in [0, 0.1) is 11.8 Å². The molecule has 2 rings (SSSR count). The Morgan fingerprint density at radius 1 is 0.967 bits per heavy atom. The molecule has 0 fully saturated rings. The third-order valence-corrected chi connectivity index (χ3v) is 4.46. The molecule has 0 aliphatic heterocycles. The number of aliphatic carboxylic acids is 1. The van der Waals surface area contributed by atoms with Gasteiger partial charge in [0, 0.05) is 11.4 Å². The monoisotopic (exact) mass is 406 g/mol. The SMILES string of the molecule is CC#C[C@@H](CC(=O)O)c1ccc(NC(=O)C(=O)Nc2cccc(C(C)(C)C)c2)cc1.